The van der Waals surface area contributed by atoms with Crippen LogP contribution < -0.4 is 5.32 Å². The zero-order valence-corrected chi connectivity index (χ0v) is 13.4. The Labute approximate surface area is 139 Å². The maximum Gasteiger partial charge on any atom is 0.416 e. The first kappa shape index (κ1) is 17.1. The number of anilines is 1. The predicted molar refractivity (Wildman–Crippen MR) is 84.6 cm³/mol. The SMILES string of the molecule is O=C(Nc1cccc(C(F)(F)F)c1)O[C@@H]1CC[C@@H]2CCCC[C@@H]2C1. The van der Waals surface area contributed by atoms with Crippen LogP contribution in [-0.2, 0) is 10.9 Å². The van der Waals surface area contributed by atoms with Gasteiger partial charge in [-0.2, -0.15) is 13.2 Å². The second-order valence-electron chi connectivity index (χ2n) is 6.85. The van der Waals surface area contributed by atoms with Crippen LogP contribution in [0.5, 0.6) is 0 Å². The lowest BCUT2D eigenvalue weighted by Gasteiger charge is -2.38. The molecule has 1 aromatic carbocycles. The van der Waals surface area contributed by atoms with Gasteiger partial charge < -0.3 is 4.74 Å². The highest BCUT2D eigenvalue weighted by atomic mass is 19.4. The molecule has 6 heteroatoms. The number of hydrogen-bond donors (Lipinski definition) is 1. The van der Waals surface area contributed by atoms with Crippen molar-refractivity contribution >= 4 is 11.8 Å². The highest BCUT2D eigenvalue weighted by molar-refractivity contribution is 5.84. The lowest BCUT2D eigenvalue weighted by Crippen LogP contribution is -2.34. The highest BCUT2D eigenvalue weighted by Crippen LogP contribution is 2.41. The summed E-state index contributed by atoms with van der Waals surface area (Å²) in [7, 11) is 0. The molecule has 0 aromatic heterocycles. The van der Waals surface area contributed by atoms with Crippen molar-refractivity contribution in [1.82, 2.24) is 0 Å². The van der Waals surface area contributed by atoms with Crippen LogP contribution in [0.25, 0.3) is 0 Å². The summed E-state index contributed by atoms with van der Waals surface area (Å²) in [5.41, 5.74) is -0.691. The number of alkyl halides is 3. The third-order valence-electron chi connectivity index (χ3n) is 5.20. The molecule has 2 saturated carbocycles. The maximum absolute atomic E-state index is 12.7. The van der Waals surface area contributed by atoms with E-state index in [0.29, 0.717) is 5.92 Å². The molecule has 2 aliphatic rings. The minimum Gasteiger partial charge on any atom is -0.446 e. The molecular weight excluding hydrogens is 319 g/mol. The number of amides is 1. The van der Waals surface area contributed by atoms with E-state index in [1.165, 1.54) is 37.8 Å². The topological polar surface area (TPSA) is 38.3 Å². The van der Waals surface area contributed by atoms with Crippen LogP contribution in [-0.4, -0.2) is 12.2 Å². The summed E-state index contributed by atoms with van der Waals surface area (Å²) < 4.78 is 43.5. The molecule has 1 N–H and O–H groups in total. The van der Waals surface area contributed by atoms with Crippen molar-refractivity contribution in [2.45, 2.75) is 57.2 Å². The van der Waals surface area contributed by atoms with Gasteiger partial charge in [-0.05, 0) is 49.3 Å². The number of halogens is 3. The zero-order chi connectivity index (χ0) is 17.2. The van der Waals surface area contributed by atoms with Crippen molar-refractivity contribution in [2.24, 2.45) is 11.8 Å². The monoisotopic (exact) mass is 341 g/mol. The van der Waals surface area contributed by atoms with Crippen molar-refractivity contribution < 1.29 is 22.7 Å². The van der Waals surface area contributed by atoms with E-state index in [4.69, 9.17) is 4.74 Å². The quantitative estimate of drug-likeness (QED) is 0.759. The average molecular weight is 341 g/mol. The summed E-state index contributed by atoms with van der Waals surface area (Å²) in [6.07, 6.45) is 2.56. The van der Waals surface area contributed by atoms with Crippen LogP contribution in [0.3, 0.4) is 0 Å². The van der Waals surface area contributed by atoms with Crippen LogP contribution in [0.2, 0.25) is 0 Å². The Morgan fingerprint density at radius 3 is 2.58 bits per heavy atom. The highest BCUT2D eigenvalue weighted by Gasteiger charge is 2.34. The lowest BCUT2D eigenvalue weighted by atomic mass is 9.70. The van der Waals surface area contributed by atoms with Gasteiger partial charge in [0.05, 0.1) is 5.56 Å². The molecule has 3 rings (SSSR count). The molecule has 2 aliphatic carbocycles. The van der Waals surface area contributed by atoms with E-state index >= 15 is 0 Å². The van der Waals surface area contributed by atoms with Crippen molar-refractivity contribution in [2.75, 3.05) is 5.32 Å². The van der Waals surface area contributed by atoms with Gasteiger partial charge in [0.2, 0.25) is 0 Å². The Morgan fingerprint density at radius 2 is 1.83 bits per heavy atom. The van der Waals surface area contributed by atoms with Gasteiger partial charge in [-0.3, -0.25) is 5.32 Å². The van der Waals surface area contributed by atoms with E-state index in [0.717, 1.165) is 37.3 Å². The molecule has 0 bridgehead atoms. The molecule has 0 saturated heterocycles. The Morgan fingerprint density at radius 1 is 1.08 bits per heavy atom. The van der Waals surface area contributed by atoms with Crippen molar-refractivity contribution in [3.8, 4) is 0 Å². The Kier molecular flexibility index (Phi) is 5.01. The molecule has 0 heterocycles. The molecule has 3 atom stereocenters. The van der Waals surface area contributed by atoms with Crippen molar-refractivity contribution in [3.05, 3.63) is 29.8 Å². The van der Waals surface area contributed by atoms with Gasteiger partial charge in [0.15, 0.2) is 0 Å². The number of carbonyl (C=O) groups excluding carboxylic acids is 1. The van der Waals surface area contributed by atoms with Gasteiger partial charge in [0, 0.05) is 5.69 Å². The van der Waals surface area contributed by atoms with Gasteiger partial charge in [0.25, 0.3) is 0 Å². The second-order valence-corrected chi connectivity index (χ2v) is 6.85. The number of carbonyl (C=O) groups is 1. The zero-order valence-electron chi connectivity index (χ0n) is 13.4. The van der Waals surface area contributed by atoms with E-state index in [1.807, 2.05) is 0 Å². The molecule has 24 heavy (non-hydrogen) atoms. The molecule has 0 radical (unpaired) electrons. The number of fused-ring (bicyclic) bond motifs is 1. The van der Waals surface area contributed by atoms with Gasteiger partial charge in [-0.25, -0.2) is 4.79 Å². The first-order chi connectivity index (χ1) is 11.4. The molecule has 2 fully saturated rings. The molecule has 0 aliphatic heterocycles. The molecular formula is C18H22F3NO2. The molecule has 0 spiro atoms. The third kappa shape index (κ3) is 4.22. The molecule has 0 unspecified atom stereocenters. The Bertz CT molecular complexity index is 588. The average Bonchev–Trinajstić information content (AvgIpc) is 2.54. The lowest BCUT2D eigenvalue weighted by molar-refractivity contribution is -0.137. The minimum atomic E-state index is -4.43. The molecule has 3 nitrogen and oxygen atoms in total. The van der Waals surface area contributed by atoms with Gasteiger partial charge >= 0.3 is 12.3 Å². The first-order valence-corrected chi connectivity index (χ1v) is 8.57. The first-order valence-electron chi connectivity index (χ1n) is 8.57. The van der Waals surface area contributed by atoms with E-state index in [2.05, 4.69) is 5.32 Å². The van der Waals surface area contributed by atoms with Crippen LogP contribution in [0, 0.1) is 11.8 Å². The Balaban J connectivity index is 1.54. The predicted octanol–water partition coefficient (Wildman–Crippen LogP) is 5.61. The number of nitrogens with one attached hydrogen (secondary N) is 1. The van der Waals surface area contributed by atoms with Gasteiger partial charge in [0.1, 0.15) is 6.10 Å². The van der Waals surface area contributed by atoms with Crippen LogP contribution in [0.4, 0.5) is 23.7 Å². The Hall–Kier alpha value is -1.72. The normalized spacial score (nSPS) is 27.2. The van der Waals surface area contributed by atoms with Crippen LogP contribution in [0.1, 0.15) is 50.5 Å². The summed E-state index contributed by atoms with van der Waals surface area (Å²) in [4.78, 5) is 12.0. The summed E-state index contributed by atoms with van der Waals surface area (Å²) in [6.45, 7) is 0. The fourth-order valence-corrected chi connectivity index (χ4v) is 4.01. The van der Waals surface area contributed by atoms with Crippen LogP contribution >= 0.6 is 0 Å². The van der Waals surface area contributed by atoms with Crippen molar-refractivity contribution in [1.29, 1.82) is 0 Å². The molecule has 1 aromatic rings. The standard InChI is InChI=1S/C18H22F3NO2/c19-18(20,21)14-6-3-7-15(11-14)22-17(23)24-16-9-8-12-4-1-2-5-13(12)10-16/h3,6-7,11-13,16H,1-2,4-5,8-10H2,(H,22,23)/t12-,13+,16+/m0/s1. The van der Waals surface area contributed by atoms with E-state index in [-0.39, 0.29) is 11.8 Å². The largest absolute Gasteiger partial charge is 0.446 e. The fraction of sp³-hybridized carbons (Fsp3) is 0.611. The second kappa shape index (κ2) is 7.03. The van der Waals surface area contributed by atoms with E-state index in [9.17, 15) is 18.0 Å². The number of ether oxygens (including phenoxy) is 1. The van der Waals surface area contributed by atoms with E-state index < -0.39 is 17.8 Å². The molecule has 132 valence electrons. The molecule has 1 amide bonds. The number of rotatable bonds is 2. The van der Waals surface area contributed by atoms with Crippen LogP contribution in [0.15, 0.2) is 24.3 Å². The number of hydrogen-bond acceptors (Lipinski definition) is 2. The van der Waals surface area contributed by atoms with Crippen molar-refractivity contribution in [3.63, 3.8) is 0 Å². The third-order valence-corrected chi connectivity index (χ3v) is 5.20. The van der Waals surface area contributed by atoms with Gasteiger partial charge in [-0.1, -0.05) is 31.7 Å². The summed E-state index contributed by atoms with van der Waals surface area (Å²) in [6, 6.07) is 4.58. The van der Waals surface area contributed by atoms with E-state index in [1.54, 1.807) is 0 Å². The fourth-order valence-electron chi connectivity index (χ4n) is 4.01. The summed E-state index contributed by atoms with van der Waals surface area (Å²) >= 11 is 0. The summed E-state index contributed by atoms with van der Waals surface area (Å²) in [5.74, 6) is 1.38. The number of benzene rings is 1. The smallest absolute Gasteiger partial charge is 0.416 e. The maximum atomic E-state index is 12.7. The summed E-state index contributed by atoms with van der Waals surface area (Å²) in [5, 5.41) is 2.41. The minimum absolute atomic E-state index is 0.0983. The van der Waals surface area contributed by atoms with Gasteiger partial charge in [-0.15, -0.1) is 0 Å².